The van der Waals surface area contributed by atoms with E-state index in [1.807, 2.05) is 59.5 Å². The summed E-state index contributed by atoms with van der Waals surface area (Å²) in [6, 6.07) is 17.5. The lowest BCUT2D eigenvalue weighted by Gasteiger charge is -2.34. The van der Waals surface area contributed by atoms with Gasteiger partial charge in [-0.15, -0.1) is 0 Å². The highest BCUT2D eigenvalue weighted by Crippen LogP contribution is 2.30. The Kier molecular flexibility index (Phi) is 3.75. The van der Waals surface area contributed by atoms with E-state index in [-0.39, 0.29) is 18.0 Å². The molecule has 0 aliphatic carbocycles. The summed E-state index contributed by atoms with van der Waals surface area (Å²) >= 11 is 0. The smallest absolute Gasteiger partial charge is 0.254 e. The molecule has 2 aliphatic rings. The maximum absolute atomic E-state index is 12.8. The molecule has 0 unspecified atom stereocenters. The number of para-hydroxylation sites is 1. The van der Waals surface area contributed by atoms with Crippen molar-refractivity contribution < 1.29 is 14.3 Å². The summed E-state index contributed by atoms with van der Waals surface area (Å²) in [6.45, 7) is 1.33. The fraction of sp³-hybridized carbons (Fsp3) is 0.316. The molecule has 23 heavy (non-hydrogen) atoms. The van der Waals surface area contributed by atoms with Gasteiger partial charge in [0.05, 0.1) is 25.3 Å². The van der Waals surface area contributed by atoms with Crippen LogP contribution in [0.5, 0.6) is 11.5 Å². The van der Waals surface area contributed by atoms with Gasteiger partial charge in [-0.05, 0) is 49.2 Å². The zero-order valence-electron chi connectivity index (χ0n) is 12.9. The SMILES string of the molecule is O=C(c1ccc(Oc2ccccc2)cc1)N1[C@@H]2CC[C@@H]1COC2. The van der Waals surface area contributed by atoms with Crippen molar-refractivity contribution in [3.8, 4) is 11.5 Å². The molecular formula is C19H19NO3. The van der Waals surface area contributed by atoms with E-state index in [4.69, 9.17) is 9.47 Å². The lowest BCUT2D eigenvalue weighted by Crippen LogP contribution is -2.49. The maximum atomic E-state index is 12.8. The second-order valence-corrected chi connectivity index (χ2v) is 6.07. The summed E-state index contributed by atoms with van der Waals surface area (Å²) in [5.74, 6) is 1.63. The monoisotopic (exact) mass is 309 g/mol. The van der Waals surface area contributed by atoms with Crippen LogP contribution >= 0.6 is 0 Å². The molecule has 2 aromatic carbocycles. The zero-order valence-corrected chi connectivity index (χ0v) is 12.9. The Balaban J connectivity index is 1.49. The van der Waals surface area contributed by atoms with E-state index in [1.54, 1.807) is 0 Å². The van der Waals surface area contributed by atoms with Crippen LogP contribution in [0.15, 0.2) is 54.6 Å². The number of hydrogen-bond donors (Lipinski definition) is 0. The van der Waals surface area contributed by atoms with Crippen LogP contribution < -0.4 is 4.74 Å². The molecule has 2 aliphatic heterocycles. The normalized spacial score (nSPS) is 22.9. The summed E-state index contributed by atoms with van der Waals surface area (Å²) in [4.78, 5) is 14.8. The predicted molar refractivity (Wildman–Crippen MR) is 86.8 cm³/mol. The number of amides is 1. The van der Waals surface area contributed by atoms with Gasteiger partial charge in [-0.1, -0.05) is 18.2 Å². The van der Waals surface area contributed by atoms with E-state index in [1.165, 1.54) is 0 Å². The predicted octanol–water partition coefficient (Wildman–Crippen LogP) is 3.48. The van der Waals surface area contributed by atoms with Gasteiger partial charge in [0.15, 0.2) is 0 Å². The first-order chi connectivity index (χ1) is 11.3. The van der Waals surface area contributed by atoms with Crippen molar-refractivity contribution in [3.05, 3.63) is 60.2 Å². The highest BCUT2D eigenvalue weighted by Gasteiger charge is 2.40. The van der Waals surface area contributed by atoms with Gasteiger partial charge in [-0.2, -0.15) is 0 Å². The third kappa shape index (κ3) is 2.82. The molecule has 2 atom stereocenters. The molecule has 0 aromatic heterocycles. The van der Waals surface area contributed by atoms with Gasteiger partial charge >= 0.3 is 0 Å². The van der Waals surface area contributed by atoms with E-state index in [0.29, 0.717) is 18.8 Å². The van der Waals surface area contributed by atoms with Crippen molar-refractivity contribution in [1.82, 2.24) is 4.90 Å². The second kappa shape index (κ2) is 6.05. The molecule has 118 valence electrons. The van der Waals surface area contributed by atoms with Crippen LogP contribution in [0, 0.1) is 0 Å². The van der Waals surface area contributed by atoms with Gasteiger partial charge in [0.1, 0.15) is 11.5 Å². The number of morpholine rings is 1. The van der Waals surface area contributed by atoms with Gasteiger partial charge < -0.3 is 14.4 Å². The van der Waals surface area contributed by atoms with Crippen LogP contribution in [0.4, 0.5) is 0 Å². The van der Waals surface area contributed by atoms with E-state index in [0.717, 1.165) is 24.3 Å². The fourth-order valence-electron chi connectivity index (χ4n) is 3.40. The average molecular weight is 309 g/mol. The minimum Gasteiger partial charge on any atom is -0.457 e. The Hall–Kier alpha value is -2.33. The molecule has 0 spiro atoms. The summed E-state index contributed by atoms with van der Waals surface area (Å²) in [6.07, 6.45) is 2.09. The van der Waals surface area contributed by atoms with Gasteiger partial charge in [0.25, 0.3) is 5.91 Å². The number of ether oxygens (including phenoxy) is 2. The Morgan fingerprint density at radius 3 is 2.17 bits per heavy atom. The first kappa shape index (κ1) is 14.3. The molecule has 0 saturated carbocycles. The average Bonchev–Trinajstić information content (AvgIpc) is 2.84. The largest absolute Gasteiger partial charge is 0.457 e. The first-order valence-electron chi connectivity index (χ1n) is 8.04. The topological polar surface area (TPSA) is 38.8 Å². The summed E-state index contributed by atoms with van der Waals surface area (Å²) < 4.78 is 11.3. The van der Waals surface area contributed by atoms with Crippen molar-refractivity contribution in [2.45, 2.75) is 24.9 Å². The Labute approximate surface area is 135 Å². The molecule has 1 amide bonds. The van der Waals surface area contributed by atoms with Crippen LogP contribution in [-0.4, -0.2) is 36.1 Å². The van der Waals surface area contributed by atoms with Crippen molar-refractivity contribution in [2.24, 2.45) is 0 Å². The lowest BCUT2D eigenvalue weighted by molar-refractivity contribution is -0.00715. The van der Waals surface area contributed by atoms with Crippen molar-refractivity contribution in [2.75, 3.05) is 13.2 Å². The van der Waals surface area contributed by atoms with E-state index in [2.05, 4.69) is 0 Å². The van der Waals surface area contributed by atoms with Gasteiger partial charge in [-0.3, -0.25) is 4.79 Å². The highest BCUT2D eigenvalue weighted by atomic mass is 16.5. The fourth-order valence-corrected chi connectivity index (χ4v) is 3.40. The number of fused-ring (bicyclic) bond motifs is 2. The molecule has 2 saturated heterocycles. The van der Waals surface area contributed by atoms with E-state index < -0.39 is 0 Å². The van der Waals surface area contributed by atoms with Crippen LogP contribution in [0.3, 0.4) is 0 Å². The standard InChI is InChI=1S/C19H19NO3/c21-19(20-15-8-9-16(20)13-22-12-15)14-6-10-18(11-7-14)23-17-4-2-1-3-5-17/h1-7,10-11,15-16H,8-9,12-13H2/t15-,16-/m1/s1. The zero-order chi connectivity index (χ0) is 15.6. The summed E-state index contributed by atoms with van der Waals surface area (Å²) in [5, 5.41) is 0. The quantitative estimate of drug-likeness (QED) is 0.871. The molecule has 2 bridgehead atoms. The second-order valence-electron chi connectivity index (χ2n) is 6.07. The molecular weight excluding hydrogens is 290 g/mol. The van der Waals surface area contributed by atoms with Crippen molar-refractivity contribution in [1.29, 1.82) is 0 Å². The van der Waals surface area contributed by atoms with Crippen LogP contribution in [0.2, 0.25) is 0 Å². The molecule has 2 aromatic rings. The minimum atomic E-state index is 0.104. The van der Waals surface area contributed by atoms with Gasteiger partial charge in [-0.25, -0.2) is 0 Å². The number of hydrogen-bond acceptors (Lipinski definition) is 3. The van der Waals surface area contributed by atoms with Crippen LogP contribution in [-0.2, 0) is 4.74 Å². The molecule has 4 rings (SSSR count). The molecule has 0 radical (unpaired) electrons. The number of benzene rings is 2. The van der Waals surface area contributed by atoms with Crippen molar-refractivity contribution in [3.63, 3.8) is 0 Å². The van der Waals surface area contributed by atoms with Gasteiger partial charge in [0.2, 0.25) is 0 Å². The van der Waals surface area contributed by atoms with E-state index in [9.17, 15) is 4.79 Å². The Bertz CT molecular complexity index is 668. The van der Waals surface area contributed by atoms with E-state index >= 15 is 0 Å². The molecule has 2 heterocycles. The third-order valence-corrected chi connectivity index (χ3v) is 4.56. The number of carbonyl (C=O) groups excluding carboxylic acids is 1. The Morgan fingerprint density at radius 2 is 1.52 bits per heavy atom. The van der Waals surface area contributed by atoms with Crippen molar-refractivity contribution >= 4 is 5.91 Å². The molecule has 2 fully saturated rings. The highest BCUT2D eigenvalue weighted by molar-refractivity contribution is 5.95. The molecule has 0 N–H and O–H groups in total. The van der Waals surface area contributed by atoms with Crippen LogP contribution in [0.25, 0.3) is 0 Å². The third-order valence-electron chi connectivity index (χ3n) is 4.56. The molecule has 4 heteroatoms. The Morgan fingerprint density at radius 1 is 0.913 bits per heavy atom. The minimum absolute atomic E-state index is 0.104. The lowest BCUT2D eigenvalue weighted by atomic mass is 10.1. The number of rotatable bonds is 3. The maximum Gasteiger partial charge on any atom is 0.254 e. The molecule has 4 nitrogen and oxygen atoms in total. The number of nitrogens with zero attached hydrogens (tertiary/aromatic N) is 1. The summed E-state index contributed by atoms with van der Waals surface area (Å²) in [7, 11) is 0. The van der Waals surface area contributed by atoms with Crippen LogP contribution in [0.1, 0.15) is 23.2 Å². The summed E-state index contributed by atoms with van der Waals surface area (Å²) in [5.41, 5.74) is 0.712. The number of carbonyl (C=O) groups is 1. The first-order valence-corrected chi connectivity index (χ1v) is 8.04. The van der Waals surface area contributed by atoms with Gasteiger partial charge in [0, 0.05) is 5.56 Å².